The van der Waals surface area contributed by atoms with Gasteiger partial charge in [-0.05, 0) is 176 Å². The van der Waals surface area contributed by atoms with Gasteiger partial charge in [-0.3, -0.25) is 19.2 Å². The summed E-state index contributed by atoms with van der Waals surface area (Å²) < 4.78 is 31.8. The van der Waals surface area contributed by atoms with E-state index >= 15 is 0 Å². The fourth-order valence-corrected chi connectivity index (χ4v) is 11.1. The molecule has 4 fully saturated rings. The number of hydrogen-bond donors (Lipinski definition) is 0. The number of ketones is 2. The van der Waals surface area contributed by atoms with E-state index in [0.717, 1.165) is 127 Å². The minimum Gasteiger partial charge on any atom is -0.465 e. The van der Waals surface area contributed by atoms with Crippen molar-refractivity contribution < 1.29 is 66.8 Å². The maximum absolute atomic E-state index is 13.7. The van der Waals surface area contributed by atoms with Crippen molar-refractivity contribution in [2.45, 2.75) is 148 Å². The minimum atomic E-state index is -0.761. The Balaban J connectivity index is 1.05. The standard InChI is InChI=1S/C56H76O14/c1-4-51(59)65-31-9-7-8-12-48(57)43-22-14-39(15-23-43)42-20-28-46(29-21-42)55(63)70-50-30-13-38(36-47(50)56(64)69-35-34-67-53(61)6-3)37-49(58)44-24-16-40(17-25-44)41-18-26-45(27-19-41)54(62)68-33-11-10-32-66-52(60)5-2/h4-6,13,30,36,39-46H,1-3,7-12,14-29,31-35,37H2/t39-,40-,41?,42?,43-,44-,45?,46?. The zero-order chi connectivity index (χ0) is 50.3. The zero-order valence-corrected chi connectivity index (χ0v) is 41.2. The molecule has 70 heavy (non-hydrogen) atoms. The number of esters is 6. The van der Waals surface area contributed by atoms with Gasteiger partial charge in [-0.1, -0.05) is 25.8 Å². The predicted octanol–water partition coefficient (Wildman–Crippen LogP) is 9.73. The molecule has 0 saturated heterocycles. The van der Waals surface area contributed by atoms with E-state index in [9.17, 15) is 38.4 Å². The molecule has 4 aliphatic carbocycles. The molecule has 0 aliphatic heterocycles. The van der Waals surface area contributed by atoms with Crippen molar-refractivity contribution in [3.8, 4) is 5.75 Å². The van der Waals surface area contributed by atoms with Crippen LogP contribution in [0.1, 0.15) is 157 Å². The Labute approximate surface area is 414 Å². The molecule has 5 rings (SSSR count). The third kappa shape index (κ3) is 18.1. The van der Waals surface area contributed by atoms with Gasteiger partial charge < -0.3 is 28.4 Å². The molecule has 0 N–H and O–H groups in total. The van der Waals surface area contributed by atoms with Gasteiger partial charge in [0.1, 0.15) is 36.1 Å². The van der Waals surface area contributed by atoms with E-state index in [-0.39, 0.29) is 73.0 Å². The van der Waals surface area contributed by atoms with Crippen LogP contribution in [0, 0.1) is 47.3 Å². The maximum Gasteiger partial charge on any atom is 0.342 e. The highest BCUT2D eigenvalue weighted by molar-refractivity contribution is 5.94. The van der Waals surface area contributed by atoms with Crippen LogP contribution in [0.5, 0.6) is 5.75 Å². The van der Waals surface area contributed by atoms with Crippen LogP contribution in [0.15, 0.2) is 56.2 Å². The molecular weight excluding hydrogens is 897 g/mol. The Bertz CT molecular complexity index is 1950. The van der Waals surface area contributed by atoms with E-state index in [1.807, 2.05) is 0 Å². The number of Topliss-reactive ketones (excluding diaryl/α,β-unsaturated/α-hetero) is 2. The van der Waals surface area contributed by atoms with Crippen molar-refractivity contribution in [1.29, 1.82) is 0 Å². The SMILES string of the molecule is C=CC(=O)OCCCCCC(=O)[C@H]1CC[C@H](C2CCC(C(=O)Oc3ccc(CC(=O)[C@H]4CC[C@H](C5CCC(C(=O)OCCCCOC(=O)C=C)CC5)CC4)cc3C(=O)OCCOC(=O)C=C)CC2)CC1. The van der Waals surface area contributed by atoms with E-state index in [1.165, 1.54) is 0 Å². The summed E-state index contributed by atoms with van der Waals surface area (Å²) in [4.78, 5) is 100. The molecule has 0 heterocycles. The van der Waals surface area contributed by atoms with Crippen molar-refractivity contribution in [2.24, 2.45) is 47.3 Å². The molecule has 1 aromatic rings. The molecule has 0 aromatic heterocycles. The topological polar surface area (TPSA) is 192 Å². The number of carbonyl (C=O) groups excluding carboxylic acids is 8. The molecule has 0 atom stereocenters. The van der Waals surface area contributed by atoms with Crippen molar-refractivity contribution in [2.75, 3.05) is 33.0 Å². The summed E-state index contributed by atoms with van der Waals surface area (Å²) in [6, 6.07) is 4.85. The molecule has 0 unspecified atom stereocenters. The van der Waals surface area contributed by atoms with Gasteiger partial charge in [0.15, 0.2) is 0 Å². The highest BCUT2D eigenvalue weighted by Gasteiger charge is 2.37. The first-order valence-electron chi connectivity index (χ1n) is 26.0. The molecule has 1 aromatic carbocycles. The first kappa shape index (κ1) is 55.5. The Hall–Kier alpha value is -5.40. The van der Waals surface area contributed by atoms with Gasteiger partial charge in [0.05, 0.1) is 31.7 Å². The molecule has 14 nitrogen and oxygen atoms in total. The first-order valence-corrected chi connectivity index (χ1v) is 26.0. The van der Waals surface area contributed by atoms with Gasteiger partial charge in [-0.15, -0.1) is 0 Å². The molecule has 0 spiro atoms. The second-order valence-electron chi connectivity index (χ2n) is 19.7. The van der Waals surface area contributed by atoms with Crippen molar-refractivity contribution >= 4 is 47.4 Å². The van der Waals surface area contributed by atoms with Crippen LogP contribution in [0.4, 0.5) is 0 Å². The van der Waals surface area contributed by atoms with Crippen LogP contribution in [-0.2, 0) is 63.7 Å². The van der Waals surface area contributed by atoms with Crippen LogP contribution >= 0.6 is 0 Å². The zero-order valence-electron chi connectivity index (χ0n) is 41.2. The molecule has 0 radical (unpaired) electrons. The van der Waals surface area contributed by atoms with E-state index in [2.05, 4.69) is 19.7 Å². The lowest BCUT2D eigenvalue weighted by Gasteiger charge is -2.37. The molecule has 4 saturated carbocycles. The Morgan fingerprint density at radius 2 is 0.857 bits per heavy atom. The Kier molecular flexibility index (Phi) is 23.6. The second kappa shape index (κ2) is 29.7. The summed E-state index contributed by atoms with van der Waals surface area (Å²) in [5.41, 5.74) is 0.636. The van der Waals surface area contributed by atoms with Crippen LogP contribution < -0.4 is 4.74 Å². The summed E-state index contributed by atoms with van der Waals surface area (Å²) in [6.45, 7) is 10.6. The van der Waals surface area contributed by atoms with Crippen LogP contribution in [0.3, 0.4) is 0 Å². The minimum absolute atomic E-state index is 0.0254. The summed E-state index contributed by atoms with van der Waals surface area (Å²) in [7, 11) is 0. The lowest BCUT2D eigenvalue weighted by atomic mass is 9.68. The second-order valence-corrected chi connectivity index (χ2v) is 19.7. The number of ether oxygens (including phenoxy) is 6. The van der Waals surface area contributed by atoms with Crippen molar-refractivity contribution in [1.82, 2.24) is 0 Å². The molecule has 0 amide bonds. The van der Waals surface area contributed by atoms with Gasteiger partial charge in [-0.25, -0.2) is 19.2 Å². The van der Waals surface area contributed by atoms with Crippen LogP contribution in [-0.4, -0.2) is 80.4 Å². The summed E-state index contributed by atoms with van der Waals surface area (Å²) >= 11 is 0. The van der Waals surface area contributed by atoms with Gasteiger partial charge >= 0.3 is 35.8 Å². The van der Waals surface area contributed by atoms with Gasteiger partial charge in [0, 0.05) is 42.9 Å². The summed E-state index contributed by atoms with van der Waals surface area (Å²) in [5, 5.41) is 0. The summed E-state index contributed by atoms with van der Waals surface area (Å²) in [6.07, 6.45) is 21.5. The third-order valence-corrected chi connectivity index (χ3v) is 15.3. The van der Waals surface area contributed by atoms with Gasteiger partial charge in [0.25, 0.3) is 0 Å². The molecule has 0 bridgehead atoms. The lowest BCUT2D eigenvalue weighted by molar-refractivity contribution is -0.151. The monoisotopic (exact) mass is 973 g/mol. The van der Waals surface area contributed by atoms with E-state index < -0.39 is 29.8 Å². The smallest absolute Gasteiger partial charge is 0.342 e. The fourth-order valence-electron chi connectivity index (χ4n) is 11.1. The molecular formula is C56H76O14. The molecule has 4 aliphatic rings. The van der Waals surface area contributed by atoms with Crippen molar-refractivity contribution in [3.63, 3.8) is 0 Å². The van der Waals surface area contributed by atoms with E-state index in [0.29, 0.717) is 80.3 Å². The van der Waals surface area contributed by atoms with Crippen LogP contribution in [0.2, 0.25) is 0 Å². The Morgan fingerprint density at radius 3 is 1.36 bits per heavy atom. The van der Waals surface area contributed by atoms with E-state index in [1.54, 1.807) is 18.2 Å². The lowest BCUT2D eigenvalue weighted by Crippen LogP contribution is -2.31. The number of unbranched alkanes of at least 4 members (excludes halogenated alkanes) is 3. The van der Waals surface area contributed by atoms with Gasteiger partial charge in [-0.2, -0.15) is 0 Å². The average molecular weight is 973 g/mol. The third-order valence-electron chi connectivity index (χ3n) is 15.3. The number of rotatable bonds is 27. The first-order chi connectivity index (χ1) is 33.9. The number of hydrogen-bond acceptors (Lipinski definition) is 14. The molecule has 384 valence electrons. The Morgan fingerprint density at radius 1 is 0.443 bits per heavy atom. The largest absolute Gasteiger partial charge is 0.465 e. The van der Waals surface area contributed by atoms with E-state index in [4.69, 9.17) is 28.4 Å². The quantitative estimate of drug-likeness (QED) is 0.0266. The van der Waals surface area contributed by atoms with Gasteiger partial charge in [0.2, 0.25) is 0 Å². The number of benzene rings is 1. The molecule has 14 heteroatoms. The maximum atomic E-state index is 13.7. The van der Waals surface area contributed by atoms with Crippen LogP contribution in [0.25, 0.3) is 0 Å². The highest BCUT2D eigenvalue weighted by atomic mass is 16.6. The normalized spacial score (nSPS) is 24.4. The van der Waals surface area contributed by atoms with Crippen molar-refractivity contribution in [3.05, 3.63) is 67.3 Å². The summed E-state index contributed by atoms with van der Waals surface area (Å²) in [5.74, 6) is -0.786. The average Bonchev–Trinajstić information content (AvgIpc) is 3.39. The highest BCUT2D eigenvalue weighted by Crippen LogP contribution is 2.44. The fraction of sp³-hybridized carbons (Fsp3) is 0.643. The number of carbonyl (C=O) groups is 8. The predicted molar refractivity (Wildman–Crippen MR) is 260 cm³/mol.